The minimum absolute atomic E-state index is 0. The second kappa shape index (κ2) is 61.4. The van der Waals surface area contributed by atoms with E-state index in [1.165, 1.54) is 180 Å². The standard InChI is InChI=1S/4C12H24O2.Zr/c4*1-2-3-4-5-6-7-8-9-10-11-12(13)14;/h4*2-11H2,1H3,(H,13,14);. The molecule has 0 rings (SSSR count). The normalized spacial score (nSPS) is 10.2. The van der Waals surface area contributed by atoms with E-state index in [2.05, 4.69) is 27.7 Å². The van der Waals surface area contributed by atoms with Crippen LogP contribution in [-0.2, 0) is 45.4 Å². The summed E-state index contributed by atoms with van der Waals surface area (Å²) >= 11 is 0. The molecule has 0 radical (unpaired) electrons. The average molecular weight is 893 g/mol. The van der Waals surface area contributed by atoms with Gasteiger partial charge in [0.15, 0.2) is 0 Å². The summed E-state index contributed by atoms with van der Waals surface area (Å²) in [6.45, 7) is 8.91. The largest absolute Gasteiger partial charge is 0.481 e. The molecule has 4 N–H and O–H groups in total. The Kier molecular flexibility index (Phi) is 69.9. The number of carbonyl (C=O) groups is 4. The minimum Gasteiger partial charge on any atom is -0.481 e. The van der Waals surface area contributed by atoms with Gasteiger partial charge < -0.3 is 20.4 Å². The van der Waals surface area contributed by atoms with E-state index < -0.39 is 23.9 Å². The number of carboxylic acids is 4. The summed E-state index contributed by atoms with van der Waals surface area (Å²) in [5, 5.41) is 33.7. The van der Waals surface area contributed by atoms with E-state index in [0.29, 0.717) is 25.7 Å². The number of unbranched alkanes of at least 4 members (excludes halogenated alkanes) is 32. The molecular formula is C48H96O8Zr. The maximum absolute atomic E-state index is 10.2. The predicted octanol–water partition coefficient (Wildman–Crippen LogP) is 16.0. The van der Waals surface area contributed by atoms with E-state index in [9.17, 15) is 19.2 Å². The van der Waals surface area contributed by atoms with Crippen molar-refractivity contribution in [2.24, 2.45) is 0 Å². The third-order valence-corrected chi connectivity index (χ3v) is 9.98. The van der Waals surface area contributed by atoms with Gasteiger partial charge in [0, 0.05) is 51.9 Å². The molecule has 0 aliphatic carbocycles. The Balaban J connectivity index is -0.000000210. The zero-order valence-electron chi connectivity index (χ0n) is 38.2. The molecule has 0 aliphatic heterocycles. The third kappa shape index (κ3) is 83.4. The number of hydrogen-bond acceptors (Lipinski definition) is 4. The van der Waals surface area contributed by atoms with Gasteiger partial charge in [0.1, 0.15) is 0 Å². The van der Waals surface area contributed by atoms with Gasteiger partial charge in [0.05, 0.1) is 0 Å². The fraction of sp³-hybridized carbons (Fsp3) is 0.917. The SMILES string of the molecule is CCCCCCCCCCCC(=O)O.CCCCCCCCCCCC(=O)O.CCCCCCCCCCCC(=O)O.CCCCCCCCCCCC(=O)O.[Zr]. The minimum atomic E-state index is -0.659. The summed E-state index contributed by atoms with van der Waals surface area (Å²) in [4.78, 5) is 40.8. The molecule has 0 heterocycles. The number of aliphatic carboxylic acids is 4. The Morgan fingerprint density at radius 2 is 0.333 bits per heavy atom. The van der Waals surface area contributed by atoms with Gasteiger partial charge in [-0.15, -0.1) is 0 Å². The van der Waals surface area contributed by atoms with Crippen molar-refractivity contribution < 1.29 is 65.8 Å². The van der Waals surface area contributed by atoms with Gasteiger partial charge in [-0.05, 0) is 25.7 Å². The quantitative estimate of drug-likeness (QED) is 0.0444. The van der Waals surface area contributed by atoms with Crippen LogP contribution in [0.2, 0.25) is 0 Å². The number of hydrogen-bond donors (Lipinski definition) is 4. The maximum atomic E-state index is 10.2. The second-order valence-corrected chi connectivity index (χ2v) is 15.9. The first-order chi connectivity index (χ1) is 27.1. The summed E-state index contributed by atoms with van der Waals surface area (Å²) in [7, 11) is 0. The fourth-order valence-corrected chi connectivity index (χ4v) is 6.35. The first-order valence-electron chi connectivity index (χ1n) is 24.0. The molecule has 8 nitrogen and oxygen atoms in total. The Morgan fingerprint density at radius 1 is 0.228 bits per heavy atom. The van der Waals surface area contributed by atoms with E-state index in [0.717, 1.165) is 51.4 Å². The van der Waals surface area contributed by atoms with Gasteiger partial charge in [-0.25, -0.2) is 0 Å². The molecule has 0 atom stereocenters. The van der Waals surface area contributed by atoms with Crippen molar-refractivity contribution in [3.8, 4) is 0 Å². The molecule has 0 amide bonds. The van der Waals surface area contributed by atoms with Crippen molar-refractivity contribution in [2.75, 3.05) is 0 Å². The van der Waals surface area contributed by atoms with Gasteiger partial charge in [-0.2, -0.15) is 0 Å². The number of rotatable bonds is 40. The Labute approximate surface area is 372 Å². The van der Waals surface area contributed by atoms with E-state index in [1.54, 1.807) is 0 Å². The molecule has 0 bridgehead atoms. The molecule has 0 aliphatic rings. The monoisotopic (exact) mass is 891 g/mol. The molecule has 57 heavy (non-hydrogen) atoms. The molecular weight excluding hydrogens is 796 g/mol. The van der Waals surface area contributed by atoms with Crippen LogP contribution >= 0.6 is 0 Å². The molecule has 0 fully saturated rings. The Bertz CT molecular complexity index is 664. The van der Waals surface area contributed by atoms with Crippen LogP contribution in [0.15, 0.2) is 0 Å². The summed E-state index contributed by atoms with van der Waals surface area (Å²) in [6.07, 6.45) is 45.9. The first-order valence-corrected chi connectivity index (χ1v) is 24.0. The topological polar surface area (TPSA) is 149 Å². The van der Waals surface area contributed by atoms with Crippen molar-refractivity contribution in [1.29, 1.82) is 0 Å². The Morgan fingerprint density at radius 3 is 0.439 bits per heavy atom. The summed E-state index contributed by atoms with van der Waals surface area (Å²) in [5.74, 6) is -2.64. The van der Waals surface area contributed by atoms with Crippen LogP contribution in [0.25, 0.3) is 0 Å². The zero-order chi connectivity index (χ0) is 42.6. The van der Waals surface area contributed by atoms with Gasteiger partial charge in [-0.3, -0.25) is 19.2 Å². The molecule has 0 aromatic rings. The van der Waals surface area contributed by atoms with Crippen molar-refractivity contribution in [2.45, 2.75) is 285 Å². The van der Waals surface area contributed by atoms with Gasteiger partial charge in [0.25, 0.3) is 0 Å². The molecule has 0 unspecified atom stereocenters. The van der Waals surface area contributed by atoms with Crippen molar-refractivity contribution in [3.05, 3.63) is 0 Å². The van der Waals surface area contributed by atoms with Crippen LogP contribution in [0.3, 0.4) is 0 Å². The van der Waals surface area contributed by atoms with E-state index in [1.807, 2.05) is 0 Å². The zero-order valence-corrected chi connectivity index (χ0v) is 40.7. The second-order valence-electron chi connectivity index (χ2n) is 15.9. The fourth-order valence-electron chi connectivity index (χ4n) is 6.35. The predicted molar refractivity (Wildman–Crippen MR) is 238 cm³/mol. The van der Waals surface area contributed by atoms with Crippen LogP contribution in [-0.4, -0.2) is 44.3 Å². The third-order valence-electron chi connectivity index (χ3n) is 9.98. The van der Waals surface area contributed by atoms with Crippen molar-refractivity contribution >= 4 is 23.9 Å². The summed E-state index contributed by atoms with van der Waals surface area (Å²) in [6, 6.07) is 0. The molecule has 9 heteroatoms. The van der Waals surface area contributed by atoms with Crippen molar-refractivity contribution in [3.63, 3.8) is 0 Å². The smallest absolute Gasteiger partial charge is 0.303 e. The molecule has 0 aromatic heterocycles. The van der Waals surface area contributed by atoms with Gasteiger partial charge in [0.2, 0.25) is 0 Å². The molecule has 0 spiro atoms. The van der Waals surface area contributed by atoms with Crippen LogP contribution < -0.4 is 0 Å². The van der Waals surface area contributed by atoms with E-state index in [4.69, 9.17) is 20.4 Å². The molecule has 0 aromatic carbocycles. The number of carboxylic acid groups (broad SMARTS) is 4. The van der Waals surface area contributed by atoms with Crippen LogP contribution in [0.5, 0.6) is 0 Å². The Hall–Kier alpha value is -1.24. The summed E-state index contributed by atoms with van der Waals surface area (Å²) in [5.41, 5.74) is 0. The van der Waals surface area contributed by atoms with Gasteiger partial charge >= 0.3 is 23.9 Å². The molecule has 340 valence electrons. The van der Waals surface area contributed by atoms with Crippen LogP contribution in [0.1, 0.15) is 285 Å². The maximum Gasteiger partial charge on any atom is 0.303 e. The molecule has 0 saturated heterocycles. The van der Waals surface area contributed by atoms with Gasteiger partial charge in [-0.1, -0.05) is 233 Å². The average Bonchev–Trinajstić information content (AvgIpc) is 3.15. The van der Waals surface area contributed by atoms with E-state index in [-0.39, 0.29) is 26.2 Å². The first kappa shape index (κ1) is 64.9. The summed E-state index contributed by atoms with van der Waals surface area (Å²) < 4.78 is 0. The van der Waals surface area contributed by atoms with Crippen LogP contribution in [0.4, 0.5) is 0 Å². The van der Waals surface area contributed by atoms with E-state index >= 15 is 0 Å². The van der Waals surface area contributed by atoms with Crippen LogP contribution in [0, 0.1) is 0 Å². The van der Waals surface area contributed by atoms with Crippen molar-refractivity contribution in [1.82, 2.24) is 0 Å². The molecule has 0 saturated carbocycles.